The Morgan fingerprint density at radius 2 is 1.94 bits per heavy atom. The molecule has 0 saturated carbocycles. The van der Waals surface area contributed by atoms with E-state index in [4.69, 9.17) is 0 Å². The fourth-order valence-electron chi connectivity index (χ4n) is 1.38. The Balaban J connectivity index is 3.93. The Labute approximate surface area is 108 Å². The van der Waals surface area contributed by atoms with Crippen molar-refractivity contribution in [2.24, 2.45) is 11.8 Å². The zero-order valence-corrected chi connectivity index (χ0v) is 11.8. The molecule has 2 N–H and O–H groups in total. The minimum absolute atomic E-state index is 0.0110. The number of nitrogens with one attached hydrogen (secondary N) is 1. The Kier molecular flexibility index (Phi) is 8.25. The summed E-state index contributed by atoms with van der Waals surface area (Å²) in [6.07, 6.45) is 0.274. The van der Waals surface area contributed by atoms with Crippen LogP contribution in [0.3, 0.4) is 0 Å². The molecule has 0 saturated heterocycles. The molecule has 0 spiro atoms. The molecule has 0 heterocycles. The summed E-state index contributed by atoms with van der Waals surface area (Å²) in [5.74, 6) is 0.235. The minimum atomic E-state index is -0.583. The maximum absolute atomic E-state index is 11.7. The van der Waals surface area contributed by atoms with E-state index in [1.54, 1.807) is 6.92 Å². The summed E-state index contributed by atoms with van der Waals surface area (Å²) >= 11 is 1.17. The van der Waals surface area contributed by atoms with E-state index in [-0.39, 0.29) is 22.9 Å². The quantitative estimate of drug-likeness (QED) is 0.680. The van der Waals surface area contributed by atoms with Crippen molar-refractivity contribution in [1.82, 2.24) is 5.32 Å². The second kappa shape index (κ2) is 8.53. The lowest BCUT2D eigenvalue weighted by Gasteiger charge is -2.22. The lowest BCUT2D eigenvalue weighted by molar-refractivity contribution is -0.119. The number of carbonyl (C=O) groups excluding carboxylic acids is 2. The van der Waals surface area contributed by atoms with Crippen LogP contribution in [-0.2, 0) is 9.59 Å². The molecule has 17 heavy (non-hydrogen) atoms. The van der Waals surface area contributed by atoms with Crippen molar-refractivity contribution >= 4 is 22.8 Å². The molecule has 0 aromatic heterocycles. The van der Waals surface area contributed by atoms with E-state index in [2.05, 4.69) is 5.32 Å². The number of hydrogen-bond donors (Lipinski definition) is 2. The number of aliphatic hydroxyl groups is 1. The summed E-state index contributed by atoms with van der Waals surface area (Å²) in [4.78, 5) is 22.4. The highest BCUT2D eigenvalue weighted by Crippen LogP contribution is 2.21. The van der Waals surface area contributed by atoms with Crippen molar-refractivity contribution in [3.8, 4) is 0 Å². The average Bonchev–Trinajstić information content (AvgIpc) is 2.31. The zero-order valence-electron chi connectivity index (χ0n) is 11.0. The highest BCUT2D eigenvalue weighted by molar-refractivity contribution is 8.13. The molecule has 100 valence electrons. The van der Waals surface area contributed by atoms with Crippen molar-refractivity contribution < 1.29 is 14.7 Å². The van der Waals surface area contributed by atoms with Gasteiger partial charge in [0, 0.05) is 19.2 Å². The van der Waals surface area contributed by atoms with E-state index in [1.165, 1.54) is 18.7 Å². The Morgan fingerprint density at radius 3 is 2.41 bits per heavy atom. The molecule has 0 fully saturated rings. The van der Waals surface area contributed by atoms with Crippen LogP contribution in [0.15, 0.2) is 0 Å². The summed E-state index contributed by atoms with van der Waals surface area (Å²) in [6.45, 7) is 7.62. The molecule has 5 heteroatoms. The van der Waals surface area contributed by atoms with Gasteiger partial charge in [0.2, 0.25) is 5.91 Å². The third kappa shape index (κ3) is 6.68. The second-order valence-electron chi connectivity index (χ2n) is 4.32. The highest BCUT2D eigenvalue weighted by atomic mass is 32.2. The number of thioether (sulfide) groups is 1. The molecule has 0 bridgehead atoms. The van der Waals surface area contributed by atoms with Crippen LogP contribution in [0.2, 0.25) is 0 Å². The number of aliphatic hydroxyl groups excluding tert-OH is 1. The predicted octanol–water partition coefficient (Wildman–Crippen LogP) is 1.43. The monoisotopic (exact) mass is 261 g/mol. The first-order valence-electron chi connectivity index (χ1n) is 5.99. The largest absolute Gasteiger partial charge is 0.392 e. The van der Waals surface area contributed by atoms with Crippen LogP contribution in [0.25, 0.3) is 0 Å². The van der Waals surface area contributed by atoms with Crippen molar-refractivity contribution in [2.45, 2.75) is 40.2 Å². The third-order valence-corrected chi connectivity index (χ3v) is 3.90. The molecule has 0 aliphatic carbocycles. The lowest BCUT2D eigenvalue weighted by Crippen LogP contribution is -2.30. The van der Waals surface area contributed by atoms with Gasteiger partial charge in [-0.05, 0) is 5.92 Å². The smallest absolute Gasteiger partial charge is 0.216 e. The second-order valence-corrected chi connectivity index (χ2v) is 5.41. The van der Waals surface area contributed by atoms with Gasteiger partial charge in [-0.3, -0.25) is 9.59 Å². The molecule has 0 unspecified atom stereocenters. The SMILES string of the molecule is CC[C@@H](C)[C@@H](O)[C@H](C)C(=O)SCCNC(C)=O. The molecule has 0 aromatic carbocycles. The van der Waals surface area contributed by atoms with Gasteiger partial charge in [0.1, 0.15) is 0 Å². The fraction of sp³-hybridized carbons (Fsp3) is 0.833. The van der Waals surface area contributed by atoms with Gasteiger partial charge < -0.3 is 10.4 Å². The summed E-state index contributed by atoms with van der Waals surface area (Å²) in [6, 6.07) is 0. The molecule has 0 aromatic rings. The van der Waals surface area contributed by atoms with E-state index in [1.807, 2.05) is 13.8 Å². The first-order valence-corrected chi connectivity index (χ1v) is 6.97. The van der Waals surface area contributed by atoms with Gasteiger partial charge >= 0.3 is 0 Å². The molecular weight excluding hydrogens is 238 g/mol. The standard InChI is InChI=1S/C12H23NO3S/c1-5-8(2)11(15)9(3)12(16)17-7-6-13-10(4)14/h8-9,11,15H,5-7H2,1-4H3,(H,13,14)/t8-,9+,11-/m1/s1. The predicted molar refractivity (Wildman–Crippen MR) is 70.8 cm³/mol. The molecule has 0 aliphatic heterocycles. The maximum Gasteiger partial charge on any atom is 0.216 e. The van der Waals surface area contributed by atoms with Crippen LogP contribution < -0.4 is 5.32 Å². The highest BCUT2D eigenvalue weighted by Gasteiger charge is 2.25. The topological polar surface area (TPSA) is 66.4 Å². The first kappa shape index (κ1) is 16.4. The van der Waals surface area contributed by atoms with Gasteiger partial charge in [0.25, 0.3) is 0 Å². The summed E-state index contributed by atoms with van der Waals surface area (Å²) in [5.41, 5.74) is 0. The minimum Gasteiger partial charge on any atom is -0.392 e. The van der Waals surface area contributed by atoms with Crippen molar-refractivity contribution in [3.63, 3.8) is 0 Å². The van der Waals surface area contributed by atoms with Crippen LogP contribution in [-0.4, -0.2) is 34.5 Å². The molecule has 0 radical (unpaired) electrons. The Morgan fingerprint density at radius 1 is 1.35 bits per heavy atom. The number of rotatable bonds is 7. The van der Waals surface area contributed by atoms with Gasteiger partial charge in [0.15, 0.2) is 5.12 Å². The van der Waals surface area contributed by atoms with Crippen LogP contribution in [0.5, 0.6) is 0 Å². The molecule has 4 nitrogen and oxygen atoms in total. The van der Waals surface area contributed by atoms with Crippen molar-refractivity contribution in [1.29, 1.82) is 0 Å². The zero-order chi connectivity index (χ0) is 13.4. The molecule has 0 rings (SSSR count). The molecule has 1 amide bonds. The fourth-order valence-corrected chi connectivity index (χ4v) is 2.19. The van der Waals surface area contributed by atoms with Gasteiger partial charge in [0.05, 0.1) is 12.0 Å². The van der Waals surface area contributed by atoms with Crippen LogP contribution in [0.4, 0.5) is 0 Å². The summed E-state index contributed by atoms with van der Waals surface area (Å²) in [5, 5.41) is 12.5. The van der Waals surface area contributed by atoms with Crippen molar-refractivity contribution in [3.05, 3.63) is 0 Å². The Bertz CT molecular complexity index is 258. The van der Waals surface area contributed by atoms with Gasteiger partial charge in [-0.1, -0.05) is 39.0 Å². The van der Waals surface area contributed by atoms with E-state index in [0.29, 0.717) is 12.3 Å². The average molecular weight is 261 g/mol. The summed E-state index contributed by atoms with van der Waals surface area (Å²) < 4.78 is 0. The molecular formula is C12H23NO3S. The Hall–Kier alpha value is -0.550. The molecule has 3 atom stereocenters. The van der Waals surface area contributed by atoms with E-state index in [9.17, 15) is 14.7 Å². The summed E-state index contributed by atoms with van der Waals surface area (Å²) in [7, 11) is 0. The number of carbonyl (C=O) groups is 2. The normalized spacial score (nSPS) is 16.1. The van der Waals surface area contributed by atoms with Gasteiger partial charge in [-0.15, -0.1) is 0 Å². The first-order chi connectivity index (χ1) is 7.90. The van der Waals surface area contributed by atoms with Gasteiger partial charge in [-0.2, -0.15) is 0 Å². The molecule has 0 aliphatic rings. The van der Waals surface area contributed by atoms with Gasteiger partial charge in [-0.25, -0.2) is 0 Å². The van der Waals surface area contributed by atoms with E-state index in [0.717, 1.165) is 6.42 Å². The lowest BCUT2D eigenvalue weighted by atomic mass is 9.92. The van der Waals surface area contributed by atoms with Crippen LogP contribution in [0.1, 0.15) is 34.1 Å². The third-order valence-electron chi connectivity index (χ3n) is 2.83. The van der Waals surface area contributed by atoms with Crippen molar-refractivity contribution in [2.75, 3.05) is 12.3 Å². The van der Waals surface area contributed by atoms with E-state index < -0.39 is 6.10 Å². The van der Waals surface area contributed by atoms with Crippen LogP contribution in [0, 0.1) is 11.8 Å². The van der Waals surface area contributed by atoms with Crippen LogP contribution >= 0.6 is 11.8 Å². The maximum atomic E-state index is 11.7. The van der Waals surface area contributed by atoms with E-state index >= 15 is 0 Å². The number of amides is 1. The number of hydrogen-bond acceptors (Lipinski definition) is 4.